The molecule has 2 aromatic carbocycles. The van der Waals surface area contributed by atoms with Gasteiger partial charge in [0, 0.05) is 31.7 Å². The Morgan fingerprint density at radius 2 is 1.76 bits per heavy atom. The van der Waals surface area contributed by atoms with Crippen molar-refractivity contribution >= 4 is 17.4 Å². The van der Waals surface area contributed by atoms with Crippen molar-refractivity contribution in [3.8, 4) is 17.1 Å². The van der Waals surface area contributed by atoms with Crippen LogP contribution < -0.4 is 9.64 Å². The molecule has 0 unspecified atom stereocenters. The summed E-state index contributed by atoms with van der Waals surface area (Å²) in [4.78, 5) is 34.8. The van der Waals surface area contributed by atoms with Crippen molar-refractivity contribution < 1.29 is 23.2 Å². The van der Waals surface area contributed by atoms with Crippen LogP contribution in [0.4, 0.5) is 10.1 Å². The van der Waals surface area contributed by atoms with Crippen LogP contribution in [-0.4, -0.2) is 71.6 Å². The Morgan fingerprint density at radius 3 is 2.48 bits per heavy atom. The number of fused-ring (bicyclic) bond motifs is 1. The van der Waals surface area contributed by atoms with Crippen molar-refractivity contribution in [2.24, 2.45) is 0 Å². The maximum absolute atomic E-state index is 13.5. The number of ether oxygens (including phenoxy) is 1. The zero-order chi connectivity index (χ0) is 22.9. The van der Waals surface area contributed by atoms with E-state index in [-0.39, 0.29) is 5.56 Å². The minimum Gasteiger partial charge on any atom is -0.497 e. The molecule has 1 fully saturated rings. The third kappa shape index (κ3) is 4.22. The number of nitrogens with zero attached hydrogens (tertiary/aromatic N) is 5. The highest BCUT2D eigenvalue weighted by molar-refractivity contribution is 6.52. The number of carbonyl (C=O) groups excluding carboxylic acids is 2. The molecule has 0 bridgehead atoms. The fourth-order valence-electron chi connectivity index (χ4n) is 4.07. The lowest BCUT2D eigenvalue weighted by Crippen LogP contribution is -2.50. The fraction of sp³-hybridized carbons (Fsp3) is 0.304. The number of Topliss-reactive ketones (excluding diaryl/α,β-unsaturated/α-hetero) is 1. The molecule has 0 N–H and O–H groups in total. The van der Waals surface area contributed by atoms with Gasteiger partial charge in [-0.2, -0.15) is 4.98 Å². The van der Waals surface area contributed by atoms with Crippen LogP contribution >= 0.6 is 0 Å². The van der Waals surface area contributed by atoms with Gasteiger partial charge in [0.1, 0.15) is 11.6 Å². The van der Waals surface area contributed by atoms with E-state index in [2.05, 4.69) is 19.9 Å². The fourth-order valence-corrected chi connectivity index (χ4v) is 4.07. The number of halogens is 1. The molecule has 0 aliphatic carbocycles. The second kappa shape index (κ2) is 8.72. The molecule has 1 saturated heterocycles. The lowest BCUT2D eigenvalue weighted by atomic mass is 10.1. The second-order valence-corrected chi connectivity index (χ2v) is 8.00. The number of benzene rings is 2. The van der Waals surface area contributed by atoms with Crippen molar-refractivity contribution in [1.29, 1.82) is 0 Å². The van der Waals surface area contributed by atoms with Crippen molar-refractivity contribution in [3.05, 3.63) is 59.7 Å². The average Bonchev–Trinajstić information content (AvgIpc) is 3.39. The molecule has 3 aromatic rings. The molecule has 33 heavy (non-hydrogen) atoms. The van der Waals surface area contributed by atoms with Crippen LogP contribution in [0, 0.1) is 5.82 Å². The van der Waals surface area contributed by atoms with E-state index < -0.39 is 17.5 Å². The summed E-state index contributed by atoms with van der Waals surface area (Å²) in [5.74, 6) is 0.0174. The molecule has 170 valence electrons. The molecule has 0 atom stereocenters. The molecule has 1 aromatic heterocycles. The van der Waals surface area contributed by atoms with Gasteiger partial charge >= 0.3 is 5.91 Å². The first kappa shape index (κ1) is 21.2. The molecule has 0 spiro atoms. The normalized spacial score (nSPS) is 17.0. The second-order valence-electron chi connectivity index (χ2n) is 8.00. The van der Waals surface area contributed by atoms with Crippen LogP contribution in [0.5, 0.6) is 5.75 Å². The Morgan fingerprint density at radius 1 is 1.03 bits per heavy atom. The minimum atomic E-state index is -0.660. The van der Waals surface area contributed by atoms with Crippen molar-refractivity contribution in [1.82, 2.24) is 19.9 Å². The van der Waals surface area contributed by atoms with Crippen LogP contribution in [0.2, 0.25) is 0 Å². The van der Waals surface area contributed by atoms with Gasteiger partial charge in [0.2, 0.25) is 11.7 Å². The summed E-state index contributed by atoms with van der Waals surface area (Å²) >= 11 is 0. The lowest BCUT2D eigenvalue weighted by molar-refractivity contribution is -0.114. The molecule has 1 amide bonds. The van der Waals surface area contributed by atoms with Crippen molar-refractivity contribution in [2.75, 3.05) is 44.9 Å². The first-order chi connectivity index (χ1) is 16.0. The Labute approximate surface area is 189 Å². The van der Waals surface area contributed by atoms with Gasteiger partial charge in [-0.05, 0) is 42.5 Å². The molecule has 2 aliphatic rings. The number of ketones is 1. The van der Waals surface area contributed by atoms with E-state index in [1.807, 2.05) is 24.3 Å². The number of rotatable bonds is 6. The van der Waals surface area contributed by atoms with E-state index in [9.17, 15) is 14.0 Å². The molecular formula is C23H22FN5O4. The highest BCUT2D eigenvalue weighted by atomic mass is 19.1. The average molecular weight is 451 g/mol. The molecule has 9 nitrogen and oxygen atoms in total. The summed E-state index contributed by atoms with van der Waals surface area (Å²) in [5.41, 5.74) is 1.44. The van der Waals surface area contributed by atoms with Gasteiger partial charge in [0.15, 0.2) is 0 Å². The molecule has 5 rings (SSSR count). The Balaban J connectivity index is 1.17. The first-order valence-corrected chi connectivity index (χ1v) is 10.6. The van der Waals surface area contributed by atoms with Gasteiger partial charge in [-0.25, -0.2) is 4.39 Å². The molecule has 0 radical (unpaired) electrons. The third-order valence-corrected chi connectivity index (χ3v) is 5.91. The monoisotopic (exact) mass is 451 g/mol. The van der Waals surface area contributed by atoms with Gasteiger partial charge in [0.05, 0.1) is 31.6 Å². The summed E-state index contributed by atoms with van der Waals surface area (Å²) in [6.07, 6.45) is 0. The van der Waals surface area contributed by atoms with Gasteiger partial charge in [0.25, 0.3) is 5.78 Å². The highest BCUT2D eigenvalue weighted by Crippen LogP contribution is 2.30. The van der Waals surface area contributed by atoms with Crippen LogP contribution in [0.15, 0.2) is 47.0 Å². The lowest BCUT2D eigenvalue weighted by Gasteiger charge is -2.35. The van der Waals surface area contributed by atoms with Crippen LogP contribution in [0.1, 0.15) is 16.2 Å². The number of aromatic nitrogens is 2. The van der Waals surface area contributed by atoms with Gasteiger partial charge in [-0.15, -0.1) is 0 Å². The third-order valence-electron chi connectivity index (χ3n) is 5.91. The van der Waals surface area contributed by atoms with Crippen LogP contribution in [0.3, 0.4) is 0 Å². The predicted molar refractivity (Wildman–Crippen MR) is 116 cm³/mol. The maximum atomic E-state index is 13.5. The van der Waals surface area contributed by atoms with E-state index in [4.69, 9.17) is 9.26 Å². The number of hydrogen-bond acceptors (Lipinski definition) is 8. The zero-order valence-corrected chi connectivity index (χ0v) is 18.0. The van der Waals surface area contributed by atoms with E-state index in [0.717, 1.165) is 30.5 Å². The summed E-state index contributed by atoms with van der Waals surface area (Å²) in [7, 11) is 1.61. The maximum Gasteiger partial charge on any atom is 0.300 e. The summed E-state index contributed by atoms with van der Waals surface area (Å²) in [5, 5.41) is 4.07. The summed E-state index contributed by atoms with van der Waals surface area (Å²) in [6.45, 7) is 3.71. The number of amides is 1. The number of anilines is 1. The molecule has 2 aliphatic heterocycles. The number of methoxy groups -OCH3 is 1. The van der Waals surface area contributed by atoms with Crippen LogP contribution in [-0.2, 0) is 11.3 Å². The Hall–Kier alpha value is -3.63. The number of piperazine rings is 1. The van der Waals surface area contributed by atoms with E-state index in [1.54, 1.807) is 7.11 Å². The van der Waals surface area contributed by atoms with Gasteiger partial charge in [-0.1, -0.05) is 5.16 Å². The zero-order valence-electron chi connectivity index (χ0n) is 18.0. The molecular weight excluding hydrogens is 429 g/mol. The SMILES string of the molecule is COc1ccc(-c2noc(CN3CCN(CN4C(=O)C(=O)c5cc(F)ccc54)CC3)n2)cc1. The molecule has 10 heteroatoms. The molecule has 0 saturated carbocycles. The quantitative estimate of drug-likeness (QED) is 0.527. The summed E-state index contributed by atoms with van der Waals surface area (Å²) in [6, 6.07) is 11.3. The van der Waals surface area contributed by atoms with Crippen LogP contribution in [0.25, 0.3) is 11.4 Å². The van der Waals surface area contributed by atoms with Gasteiger partial charge in [-0.3, -0.25) is 24.3 Å². The first-order valence-electron chi connectivity index (χ1n) is 10.6. The Bertz CT molecular complexity index is 1190. The minimum absolute atomic E-state index is 0.127. The van der Waals surface area contributed by atoms with Crippen molar-refractivity contribution in [2.45, 2.75) is 6.54 Å². The van der Waals surface area contributed by atoms with Crippen molar-refractivity contribution in [3.63, 3.8) is 0 Å². The van der Waals surface area contributed by atoms with E-state index >= 15 is 0 Å². The van der Waals surface area contributed by atoms with E-state index in [0.29, 0.717) is 43.7 Å². The Kier molecular flexibility index (Phi) is 5.61. The summed E-state index contributed by atoms with van der Waals surface area (Å²) < 4.78 is 24.1. The highest BCUT2D eigenvalue weighted by Gasteiger charge is 2.37. The van der Waals surface area contributed by atoms with Gasteiger partial charge < -0.3 is 9.26 Å². The number of hydrogen-bond donors (Lipinski definition) is 0. The molecule has 3 heterocycles. The smallest absolute Gasteiger partial charge is 0.300 e. The standard InChI is InChI=1S/C23H22FN5O4/c1-32-17-5-2-15(3-6-17)22-25-20(33-26-22)13-27-8-10-28(11-9-27)14-29-19-7-4-16(24)12-18(19)21(30)23(29)31/h2-7,12H,8-11,13-14H2,1H3. The van der Waals surface area contributed by atoms with E-state index in [1.165, 1.54) is 17.0 Å². The predicted octanol–water partition coefficient (Wildman–Crippen LogP) is 2.19. The number of carbonyl (C=O) groups is 2. The largest absolute Gasteiger partial charge is 0.497 e. The topological polar surface area (TPSA) is 92.0 Å².